The SMILES string of the molecule is Cc1cc(C)n(CC(C)C)c(=O)c1CC(=O)O. The molecule has 1 N–H and O–H groups in total. The summed E-state index contributed by atoms with van der Waals surface area (Å²) in [5.41, 5.74) is 1.87. The number of hydrogen-bond acceptors (Lipinski definition) is 2. The van der Waals surface area contributed by atoms with Crippen molar-refractivity contribution in [2.45, 2.75) is 40.7 Å². The van der Waals surface area contributed by atoms with E-state index in [1.54, 1.807) is 11.5 Å². The van der Waals surface area contributed by atoms with Crippen molar-refractivity contribution in [3.63, 3.8) is 0 Å². The van der Waals surface area contributed by atoms with Crippen molar-refractivity contribution in [2.24, 2.45) is 5.92 Å². The van der Waals surface area contributed by atoms with Gasteiger partial charge in [0.15, 0.2) is 0 Å². The number of nitrogens with zero attached hydrogens (tertiary/aromatic N) is 1. The van der Waals surface area contributed by atoms with E-state index >= 15 is 0 Å². The highest BCUT2D eigenvalue weighted by molar-refractivity contribution is 5.70. The van der Waals surface area contributed by atoms with Crippen molar-refractivity contribution in [1.82, 2.24) is 4.57 Å². The first kappa shape index (κ1) is 13.5. The van der Waals surface area contributed by atoms with Crippen molar-refractivity contribution in [3.8, 4) is 0 Å². The van der Waals surface area contributed by atoms with Gasteiger partial charge < -0.3 is 9.67 Å². The molecule has 0 unspecified atom stereocenters. The molecule has 0 aliphatic heterocycles. The average molecular weight is 237 g/mol. The van der Waals surface area contributed by atoms with Crippen LogP contribution in [0.25, 0.3) is 0 Å². The molecule has 4 heteroatoms. The lowest BCUT2D eigenvalue weighted by Gasteiger charge is -2.15. The van der Waals surface area contributed by atoms with Gasteiger partial charge in [-0.2, -0.15) is 0 Å². The van der Waals surface area contributed by atoms with Crippen LogP contribution in [0.5, 0.6) is 0 Å². The highest BCUT2D eigenvalue weighted by atomic mass is 16.4. The molecule has 0 bridgehead atoms. The van der Waals surface area contributed by atoms with Crippen LogP contribution in [0.2, 0.25) is 0 Å². The number of pyridine rings is 1. The molecule has 0 aliphatic rings. The summed E-state index contributed by atoms with van der Waals surface area (Å²) in [5.74, 6) is -0.614. The van der Waals surface area contributed by atoms with E-state index in [4.69, 9.17) is 5.11 Å². The van der Waals surface area contributed by atoms with Crippen LogP contribution >= 0.6 is 0 Å². The van der Waals surface area contributed by atoms with E-state index in [1.165, 1.54) is 0 Å². The number of aromatic nitrogens is 1. The molecule has 0 spiro atoms. The smallest absolute Gasteiger partial charge is 0.308 e. The summed E-state index contributed by atoms with van der Waals surface area (Å²) < 4.78 is 1.66. The van der Waals surface area contributed by atoms with Gasteiger partial charge in [-0.15, -0.1) is 0 Å². The van der Waals surface area contributed by atoms with Crippen molar-refractivity contribution in [2.75, 3.05) is 0 Å². The predicted molar refractivity (Wildman–Crippen MR) is 66.4 cm³/mol. The van der Waals surface area contributed by atoms with Crippen LogP contribution in [0.1, 0.15) is 30.7 Å². The minimum Gasteiger partial charge on any atom is -0.481 e. The molecule has 0 aliphatic carbocycles. The third kappa shape index (κ3) is 3.19. The third-order valence-corrected chi connectivity index (χ3v) is 2.71. The van der Waals surface area contributed by atoms with Crippen LogP contribution in [-0.2, 0) is 17.8 Å². The van der Waals surface area contributed by atoms with Crippen LogP contribution in [0.4, 0.5) is 0 Å². The lowest BCUT2D eigenvalue weighted by atomic mass is 10.1. The maximum Gasteiger partial charge on any atom is 0.308 e. The van der Waals surface area contributed by atoms with E-state index in [0.717, 1.165) is 11.3 Å². The Kier molecular flexibility index (Phi) is 4.10. The van der Waals surface area contributed by atoms with Gasteiger partial charge in [-0.1, -0.05) is 13.8 Å². The number of hydrogen-bond donors (Lipinski definition) is 1. The van der Waals surface area contributed by atoms with Crippen LogP contribution in [0.3, 0.4) is 0 Å². The zero-order valence-corrected chi connectivity index (χ0v) is 10.8. The average Bonchev–Trinajstić information content (AvgIpc) is 2.18. The third-order valence-electron chi connectivity index (χ3n) is 2.71. The zero-order chi connectivity index (χ0) is 13.2. The standard InChI is InChI=1S/C13H19NO3/c1-8(2)7-14-10(4)5-9(3)11(13(14)17)6-12(15)16/h5,8H,6-7H2,1-4H3,(H,15,16). The molecule has 0 saturated heterocycles. The molecule has 0 radical (unpaired) electrons. The van der Waals surface area contributed by atoms with Crippen molar-refractivity contribution in [3.05, 3.63) is 33.2 Å². The van der Waals surface area contributed by atoms with Gasteiger partial charge in [-0.05, 0) is 31.4 Å². The topological polar surface area (TPSA) is 59.3 Å². The Morgan fingerprint density at radius 3 is 2.47 bits per heavy atom. The molecular formula is C13H19NO3. The van der Waals surface area contributed by atoms with Gasteiger partial charge in [-0.3, -0.25) is 9.59 Å². The summed E-state index contributed by atoms with van der Waals surface area (Å²) in [7, 11) is 0. The van der Waals surface area contributed by atoms with Crippen LogP contribution in [0, 0.1) is 19.8 Å². The summed E-state index contributed by atoms with van der Waals surface area (Å²) in [4.78, 5) is 22.9. The molecule has 1 aromatic rings. The van der Waals surface area contributed by atoms with Gasteiger partial charge in [0.1, 0.15) is 0 Å². The Bertz CT molecular complexity index is 486. The Morgan fingerprint density at radius 1 is 1.41 bits per heavy atom. The summed E-state index contributed by atoms with van der Waals surface area (Å²) in [5, 5.41) is 8.81. The van der Waals surface area contributed by atoms with Crippen molar-refractivity contribution in [1.29, 1.82) is 0 Å². The van der Waals surface area contributed by atoms with Gasteiger partial charge in [0.25, 0.3) is 5.56 Å². The minimum absolute atomic E-state index is 0.168. The van der Waals surface area contributed by atoms with Crippen LogP contribution in [-0.4, -0.2) is 15.6 Å². The highest BCUT2D eigenvalue weighted by Gasteiger charge is 2.13. The van der Waals surface area contributed by atoms with Gasteiger partial charge in [-0.25, -0.2) is 0 Å². The number of rotatable bonds is 4. The maximum atomic E-state index is 12.2. The van der Waals surface area contributed by atoms with Gasteiger partial charge in [0.05, 0.1) is 6.42 Å². The molecule has 0 aromatic carbocycles. The molecular weight excluding hydrogens is 218 g/mol. The quantitative estimate of drug-likeness (QED) is 0.867. The van der Waals surface area contributed by atoms with Crippen LogP contribution < -0.4 is 5.56 Å². The first-order chi connectivity index (χ1) is 7.82. The molecule has 17 heavy (non-hydrogen) atoms. The number of aliphatic carboxylic acids is 1. The monoisotopic (exact) mass is 237 g/mol. The number of carbonyl (C=O) groups is 1. The van der Waals surface area contributed by atoms with E-state index in [2.05, 4.69) is 0 Å². The summed E-state index contributed by atoms with van der Waals surface area (Å²) in [6, 6.07) is 1.88. The maximum absolute atomic E-state index is 12.2. The molecule has 0 saturated carbocycles. The first-order valence-corrected chi connectivity index (χ1v) is 5.74. The van der Waals surface area contributed by atoms with Gasteiger partial charge >= 0.3 is 5.97 Å². The highest BCUT2D eigenvalue weighted by Crippen LogP contribution is 2.09. The number of carboxylic acid groups (broad SMARTS) is 1. The van der Waals surface area contributed by atoms with E-state index in [9.17, 15) is 9.59 Å². The van der Waals surface area contributed by atoms with E-state index in [1.807, 2.05) is 26.8 Å². The molecule has 0 fully saturated rings. The van der Waals surface area contributed by atoms with E-state index in [-0.39, 0.29) is 12.0 Å². The molecule has 4 nitrogen and oxygen atoms in total. The second-order valence-corrected chi connectivity index (χ2v) is 4.83. The number of carboxylic acids is 1. The Hall–Kier alpha value is -1.58. The summed E-state index contributed by atoms with van der Waals surface area (Å²) >= 11 is 0. The van der Waals surface area contributed by atoms with Crippen molar-refractivity contribution >= 4 is 5.97 Å². The van der Waals surface area contributed by atoms with Crippen LogP contribution in [0.15, 0.2) is 10.9 Å². The lowest BCUT2D eigenvalue weighted by Crippen LogP contribution is -2.29. The first-order valence-electron chi connectivity index (χ1n) is 5.74. The van der Waals surface area contributed by atoms with Gasteiger partial charge in [0.2, 0.25) is 0 Å². The second-order valence-electron chi connectivity index (χ2n) is 4.83. The number of aryl methyl sites for hydroxylation is 2. The second kappa shape index (κ2) is 5.17. The predicted octanol–water partition coefficient (Wildman–Crippen LogP) is 1.75. The Morgan fingerprint density at radius 2 is 2.00 bits per heavy atom. The Labute approximate surface area is 101 Å². The minimum atomic E-state index is -0.967. The summed E-state index contributed by atoms with van der Waals surface area (Å²) in [6.45, 7) is 8.34. The fourth-order valence-electron chi connectivity index (χ4n) is 1.93. The molecule has 0 amide bonds. The summed E-state index contributed by atoms with van der Waals surface area (Å²) in [6.07, 6.45) is -0.205. The molecule has 1 rings (SSSR count). The van der Waals surface area contributed by atoms with E-state index in [0.29, 0.717) is 18.0 Å². The molecule has 1 aromatic heterocycles. The molecule has 0 atom stereocenters. The fourth-order valence-corrected chi connectivity index (χ4v) is 1.93. The molecule has 1 heterocycles. The van der Waals surface area contributed by atoms with Gasteiger partial charge in [0, 0.05) is 17.8 Å². The lowest BCUT2D eigenvalue weighted by molar-refractivity contribution is -0.136. The molecule has 94 valence electrons. The Balaban J connectivity index is 3.32. The fraction of sp³-hybridized carbons (Fsp3) is 0.538. The zero-order valence-electron chi connectivity index (χ0n) is 10.8. The normalized spacial score (nSPS) is 10.9. The van der Waals surface area contributed by atoms with E-state index < -0.39 is 5.97 Å². The largest absolute Gasteiger partial charge is 0.481 e. The van der Waals surface area contributed by atoms with Crippen molar-refractivity contribution < 1.29 is 9.90 Å².